The van der Waals surface area contributed by atoms with E-state index in [1.807, 2.05) is 19.1 Å². The molecule has 1 saturated heterocycles. The Kier molecular flexibility index (Phi) is 2.92. The van der Waals surface area contributed by atoms with E-state index < -0.39 is 6.10 Å². The Morgan fingerprint density at radius 1 is 1.42 bits per heavy atom. The number of pyridine rings is 1. The summed E-state index contributed by atoms with van der Waals surface area (Å²) in [5.41, 5.74) is 2.05. The number of aliphatic hydroxyl groups excluding tert-OH is 1. The number of hydrogen-bond acceptors (Lipinski definition) is 3. The molecule has 1 aliphatic heterocycles. The minimum Gasteiger partial charge on any atom is -0.389 e. The summed E-state index contributed by atoms with van der Waals surface area (Å²) < 4.78 is 0. The van der Waals surface area contributed by atoms with Gasteiger partial charge in [0.15, 0.2) is 0 Å². The first kappa shape index (κ1) is 12.4. The van der Waals surface area contributed by atoms with Crippen LogP contribution in [-0.2, 0) is 0 Å². The van der Waals surface area contributed by atoms with Crippen LogP contribution in [0, 0.1) is 6.92 Å². The van der Waals surface area contributed by atoms with Gasteiger partial charge in [-0.3, -0.25) is 9.78 Å². The van der Waals surface area contributed by atoms with E-state index in [4.69, 9.17) is 11.6 Å². The first-order valence-electron chi connectivity index (χ1n) is 6.09. The van der Waals surface area contributed by atoms with Crippen molar-refractivity contribution in [1.29, 1.82) is 0 Å². The van der Waals surface area contributed by atoms with Gasteiger partial charge in [-0.05, 0) is 25.1 Å². The first-order valence-corrected chi connectivity index (χ1v) is 6.46. The molecule has 19 heavy (non-hydrogen) atoms. The summed E-state index contributed by atoms with van der Waals surface area (Å²) in [6.45, 7) is 2.61. The largest absolute Gasteiger partial charge is 0.389 e. The van der Waals surface area contributed by atoms with Crippen LogP contribution in [0.25, 0.3) is 10.9 Å². The van der Waals surface area contributed by atoms with E-state index in [2.05, 4.69) is 4.98 Å². The van der Waals surface area contributed by atoms with Crippen molar-refractivity contribution in [3.8, 4) is 0 Å². The van der Waals surface area contributed by atoms with E-state index in [0.717, 1.165) is 10.9 Å². The second-order valence-electron chi connectivity index (χ2n) is 4.82. The zero-order chi connectivity index (χ0) is 13.6. The lowest BCUT2D eigenvalue weighted by Crippen LogP contribution is -2.53. The first-order chi connectivity index (χ1) is 9.04. The third-order valence-corrected chi connectivity index (χ3v) is 3.59. The third-order valence-electron chi connectivity index (χ3n) is 3.35. The van der Waals surface area contributed by atoms with E-state index in [-0.39, 0.29) is 5.91 Å². The number of benzene rings is 1. The standard InChI is InChI=1S/C14H13ClN2O2/c1-8-12(14(19)17-6-11(18)7-17)4-9-2-3-10(15)5-13(9)16-8/h2-5,11,18H,6-7H2,1H3. The van der Waals surface area contributed by atoms with Crippen LogP contribution in [0.4, 0.5) is 0 Å². The van der Waals surface area contributed by atoms with Crippen LogP contribution in [0.1, 0.15) is 16.1 Å². The van der Waals surface area contributed by atoms with E-state index in [9.17, 15) is 9.90 Å². The fourth-order valence-corrected chi connectivity index (χ4v) is 2.41. The molecule has 0 bridgehead atoms. The fraction of sp³-hybridized carbons (Fsp3) is 0.286. The van der Waals surface area contributed by atoms with Crippen molar-refractivity contribution >= 4 is 28.4 Å². The molecule has 3 rings (SSSR count). The van der Waals surface area contributed by atoms with Crippen molar-refractivity contribution in [2.75, 3.05) is 13.1 Å². The molecule has 1 aliphatic rings. The van der Waals surface area contributed by atoms with Crippen LogP contribution in [-0.4, -0.2) is 40.1 Å². The van der Waals surface area contributed by atoms with Gasteiger partial charge in [-0.1, -0.05) is 17.7 Å². The molecular formula is C14H13ClN2O2. The molecule has 1 amide bonds. The maximum absolute atomic E-state index is 12.3. The Balaban J connectivity index is 2.02. The van der Waals surface area contributed by atoms with Gasteiger partial charge in [0, 0.05) is 23.5 Å². The molecule has 1 N–H and O–H groups in total. The van der Waals surface area contributed by atoms with Crippen molar-refractivity contribution < 1.29 is 9.90 Å². The maximum Gasteiger partial charge on any atom is 0.255 e. The van der Waals surface area contributed by atoms with Crippen molar-refractivity contribution in [3.05, 3.63) is 40.5 Å². The number of aryl methyl sites for hydroxylation is 1. The molecular weight excluding hydrogens is 264 g/mol. The molecule has 98 valence electrons. The van der Waals surface area contributed by atoms with Gasteiger partial charge in [-0.25, -0.2) is 0 Å². The van der Waals surface area contributed by atoms with Crippen LogP contribution >= 0.6 is 11.6 Å². The Morgan fingerprint density at radius 3 is 2.84 bits per heavy atom. The van der Waals surface area contributed by atoms with Gasteiger partial charge in [-0.15, -0.1) is 0 Å². The number of nitrogens with zero attached hydrogens (tertiary/aromatic N) is 2. The summed E-state index contributed by atoms with van der Waals surface area (Å²) in [6, 6.07) is 7.25. The van der Waals surface area contributed by atoms with E-state index in [1.165, 1.54) is 0 Å². The Hall–Kier alpha value is -1.65. The molecule has 1 aromatic heterocycles. The number of halogens is 1. The normalized spacial score (nSPS) is 15.6. The predicted molar refractivity (Wildman–Crippen MR) is 73.4 cm³/mol. The average Bonchev–Trinajstić information content (AvgIpc) is 2.33. The SMILES string of the molecule is Cc1nc2cc(Cl)ccc2cc1C(=O)N1CC(O)C1. The molecule has 2 aromatic rings. The zero-order valence-electron chi connectivity index (χ0n) is 10.4. The average molecular weight is 277 g/mol. The Morgan fingerprint density at radius 2 is 2.16 bits per heavy atom. The van der Waals surface area contributed by atoms with Gasteiger partial charge in [0.25, 0.3) is 5.91 Å². The van der Waals surface area contributed by atoms with Crippen LogP contribution in [0.2, 0.25) is 5.02 Å². The van der Waals surface area contributed by atoms with Gasteiger partial charge in [-0.2, -0.15) is 0 Å². The summed E-state index contributed by atoms with van der Waals surface area (Å²) in [4.78, 5) is 18.3. The number of β-amino-alcohol motifs (C(OH)–C–C–N with tert-alkyl or cyclic N) is 1. The number of amides is 1. The molecule has 5 heteroatoms. The summed E-state index contributed by atoms with van der Waals surface area (Å²) in [7, 11) is 0. The highest BCUT2D eigenvalue weighted by Gasteiger charge is 2.30. The molecule has 0 atom stereocenters. The quantitative estimate of drug-likeness (QED) is 0.867. The van der Waals surface area contributed by atoms with Gasteiger partial charge in [0.1, 0.15) is 0 Å². The Bertz CT molecular complexity index is 666. The minimum absolute atomic E-state index is 0.0767. The summed E-state index contributed by atoms with van der Waals surface area (Å²) in [5.74, 6) is -0.0767. The predicted octanol–water partition coefficient (Wildman–Crippen LogP) is 2.01. The second-order valence-corrected chi connectivity index (χ2v) is 5.26. The molecule has 0 unspecified atom stereocenters. The number of likely N-dealkylation sites (tertiary alicyclic amines) is 1. The number of fused-ring (bicyclic) bond motifs is 1. The number of rotatable bonds is 1. The van der Waals surface area contributed by atoms with Crippen molar-refractivity contribution in [2.24, 2.45) is 0 Å². The zero-order valence-corrected chi connectivity index (χ0v) is 11.2. The Labute approximate surface area is 115 Å². The lowest BCUT2D eigenvalue weighted by Gasteiger charge is -2.36. The highest BCUT2D eigenvalue weighted by atomic mass is 35.5. The number of carbonyl (C=O) groups is 1. The molecule has 1 fully saturated rings. The summed E-state index contributed by atoms with van der Waals surface area (Å²) in [5, 5.41) is 10.8. The molecule has 0 aliphatic carbocycles. The van der Waals surface area contributed by atoms with E-state index >= 15 is 0 Å². The number of carbonyl (C=O) groups excluding carboxylic acids is 1. The fourth-order valence-electron chi connectivity index (χ4n) is 2.24. The highest BCUT2D eigenvalue weighted by Crippen LogP contribution is 2.22. The molecule has 4 nitrogen and oxygen atoms in total. The van der Waals surface area contributed by atoms with E-state index in [1.54, 1.807) is 17.0 Å². The summed E-state index contributed by atoms with van der Waals surface area (Å²) >= 11 is 5.93. The molecule has 2 heterocycles. The van der Waals surface area contributed by atoms with Gasteiger partial charge < -0.3 is 10.0 Å². The maximum atomic E-state index is 12.3. The molecule has 0 spiro atoms. The van der Waals surface area contributed by atoms with Crippen LogP contribution in [0.3, 0.4) is 0 Å². The number of aromatic nitrogens is 1. The van der Waals surface area contributed by atoms with Gasteiger partial charge >= 0.3 is 0 Å². The molecule has 0 saturated carbocycles. The second kappa shape index (κ2) is 4.47. The van der Waals surface area contributed by atoms with Crippen LogP contribution in [0.15, 0.2) is 24.3 Å². The minimum atomic E-state index is -0.392. The molecule has 0 radical (unpaired) electrons. The number of hydrogen-bond donors (Lipinski definition) is 1. The smallest absolute Gasteiger partial charge is 0.255 e. The highest BCUT2D eigenvalue weighted by molar-refractivity contribution is 6.31. The third kappa shape index (κ3) is 2.17. The lowest BCUT2D eigenvalue weighted by molar-refractivity contribution is 0.00582. The van der Waals surface area contributed by atoms with Crippen LogP contribution < -0.4 is 0 Å². The topological polar surface area (TPSA) is 53.4 Å². The van der Waals surface area contributed by atoms with E-state index in [0.29, 0.717) is 29.4 Å². The monoisotopic (exact) mass is 276 g/mol. The number of aliphatic hydroxyl groups is 1. The summed E-state index contributed by atoms with van der Waals surface area (Å²) in [6.07, 6.45) is -0.392. The van der Waals surface area contributed by atoms with Crippen LogP contribution in [0.5, 0.6) is 0 Å². The van der Waals surface area contributed by atoms with Gasteiger partial charge in [0.2, 0.25) is 0 Å². The van der Waals surface area contributed by atoms with Crippen molar-refractivity contribution in [1.82, 2.24) is 9.88 Å². The van der Waals surface area contributed by atoms with Crippen molar-refractivity contribution in [2.45, 2.75) is 13.0 Å². The van der Waals surface area contributed by atoms with Gasteiger partial charge in [0.05, 0.1) is 22.9 Å². The van der Waals surface area contributed by atoms with Crippen molar-refractivity contribution in [3.63, 3.8) is 0 Å². The molecule has 1 aromatic carbocycles. The lowest BCUT2D eigenvalue weighted by atomic mass is 10.1.